The number of anilines is 2. The monoisotopic (exact) mass is 369 g/mol. The Bertz CT molecular complexity index is 748. The maximum atomic E-state index is 11.2. The maximum Gasteiger partial charge on any atom is 0.229 e. The van der Waals surface area contributed by atoms with Gasteiger partial charge in [0.1, 0.15) is 4.60 Å². The number of halogens is 1. The molecule has 1 heterocycles. The molecule has 0 saturated carbocycles. The molecule has 1 aromatic heterocycles. The molecule has 0 spiro atoms. The highest BCUT2D eigenvalue weighted by atomic mass is 79.9. The molecule has 5 nitrogen and oxygen atoms in total. The van der Waals surface area contributed by atoms with Gasteiger partial charge >= 0.3 is 0 Å². The highest BCUT2D eigenvalue weighted by molar-refractivity contribution is 9.10. The highest BCUT2D eigenvalue weighted by Crippen LogP contribution is 2.21. The van der Waals surface area contributed by atoms with Crippen molar-refractivity contribution in [1.29, 1.82) is 0 Å². The van der Waals surface area contributed by atoms with Crippen LogP contribution in [0.1, 0.15) is 11.3 Å². The molecule has 2 rings (SSSR count). The average Bonchev–Trinajstić information content (AvgIpc) is 2.38. The van der Waals surface area contributed by atoms with Crippen LogP contribution in [0.4, 0.5) is 11.4 Å². The van der Waals surface area contributed by atoms with E-state index in [4.69, 9.17) is 0 Å². The molecule has 2 N–H and O–H groups in total. The molecule has 0 radical (unpaired) electrons. The standard InChI is InChI=1S/C14H16BrN3O2S/c1-10-8-11(6-7-13(10)18-21(2,19)20)16-9-12-4-3-5-14(15)17-12/h3-8,16,18H,9H2,1-2H3. The molecular weight excluding hydrogens is 354 g/mol. The summed E-state index contributed by atoms with van der Waals surface area (Å²) in [5.41, 5.74) is 3.27. The molecule has 2 aromatic rings. The number of aromatic nitrogens is 1. The van der Waals surface area contributed by atoms with Crippen LogP contribution in [-0.4, -0.2) is 19.7 Å². The number of sulfonamides is 1. The molecule has 1 aromatic carbocycles. The Hall–Kier alpha value is -1.60. The Morgan fingerprint density at radius 1 is 1.24 bits per heavy atom. The summed E-state index contributed by atoms with van der Waals surface area (Å²) in [7, 11) is -3.26. The van der Waals surface area contributed by atoms with Crippen LogP contribution in [-0.2, 0) is 16.6 Å². The van der Waals surface area contributed by atoms with E-state index in [1.807, 2.05) is 37.3 Å². The first-order chi connectivity index (χ1) is 9.83. The third kappa shape index (κ3) is 5.02. The molecule has 0 aliphatic heterocycles. The van der Waals surface area contributed by atoms with Crippen LogP contribution in [0.25, 0.3) is 0 Å². The second-order valence-electron chi connectivity index (χ2n) is 4.71. The van der Waals surface area contributed by atoms with Gasteiger partial charge in [0.15, 0.2) is 0 Å². The molecule has 0 bridgehead atoms. The highest BCUT2D eigenvalue weighted by Gasteiger charge is 2.05. The van der Waals surface area contributed by atoms with Gasteiger partial charge in [0, 0.05) is 5.69 Å². The normalized spacial score (nSPS) is 11.2. The third-order valence-electron chi connectivity index (χ3n) is 2.77. The van der Waals surface area contributed by atoms with Gasteiger partial charge in [0.05, 0.1) is 24.2 Å². The van der Waals surface area contributed by atoms with Crippen LogP contribution in [0.15, 0.2) is 41.0 Å². The van der Waals surface area contributed by atoms with Gasteiger partial charge in [-0.3, -0.25) is 4.72 Å². The minimum atomic E-state index is -3.26. The van der Waals surface area contributed by atoms with E-state index < -0.39 is 10.0 Å². The first kappa shape index (κ1) is 15.8. The van der Waals surface area contributed by atoms with Crippen molar-refractivity contribution < 1.29 is 8.42 Å². The molecule has 0 saturated heterocycles. The van der Waals surface area contributed by atoms with E-state index in [9.17, 15) is 8.42 Å². The Morgan fingerprint density at radius 2 is 2.00 bits per heavy atom. The Morgan fingerprint density at radius 3 is 2.62 bits per heavy atom. The molecule has 21 heavy (non-hydrogen) atoms. The third-order valence-corrected chi connectivity index (χ3v) is 3.80. The molecule has 0 aliphatic rings. The summed E-state index contributed by atoms with van der Waals surface area (Å²) in [4.78, 5) is 4.34. The predicted molar refractivity (Wildman–Crippen MR) is 88.9 cm³/mol. The average molecular weight is 370 g/mol. The Labute approximate surface area is 133 Å². The number of benzene rings is 1. The summed E-state index contributed by atoms with van der Waals surface area (Å²) < 4.78 is 25.8. The van der Waals surface area contributed by atoms with Gasteiger partial charge in [0.25, 0.3) is 0 Å². The van der Waals surface area contributed by atoms with Crippen LogP contribution in [0.5, 0.6) is 0 Å². The lowest BCUT2D eigenvalue weighted by Gasteiger charge is -2.11. The van der Waals surface area contributed by atoms with Crippen LogP contribution < -0.4 is 10.0 Å². The Kier molecular flexibility index (Phi) is 4.84. The van der Waals surface area contributed by atoms with Gasteiger partial charge in [0.2, 0.25) is 10.0 Å². The van der Waals surface area contributed by atoms with E-state index in [2.05, 4.69) is 31.0 Å². The summed E-state index contributed by atoms with van der Waals surface area (Å²) >= 11 is 3.33. The summed E-state index contributed by atoms with van der Waals surface area (Å²) in [6.07, 6.45) is 1.14. The zero-order chi connectivity index (χ0) is 15.5. The molecule has 0 amide bonds. The topological polar surface area (TPSA) is 71.1 Å². The van der Waals surface area contributed by atoms with Crippen LogP contribution in [0, 0.1) is 6.92 Å². The number of hydrogen-bond acceptors (Lipinski definition) is 4. The van der Waals surface area contributed by atoms with Crippen molar-refractivity contribution >= 4 is 37.3 Å². The number of aryl methyl sites for hydroxylation is 1. The molecule has 112 valence electrons. The van der Waals surface area contributed by atoms with Crippen molar-refractivity contribution in [2.24, 2.45) is 0 Å². The van der Waals surface area contributed by atoms with E-state index in [0.717, 1.165) is 27.8 Å². The van der Waals surface area contributed by atoms with Crippen LogP contribution in [0.2, 0.25) is 0 Å². The lowest BCUT2D eigenvalue weighted by molar-refractivity contribution is 0.607. The van der Waals surface area contributed by atoms with E-state index in [-0.39, 0.29) is 0 Å². The van der Waals surface area contributed by atoms with E-state index in [0.29, 0.717) is 12.2 Å². The number of nitrogens with one attached hydrogen (secondary N) is 2. The van der Waals surface area contributed by atoms with Gasteiger partial charge < -0.3 is 5.32 Å². The van der Waals surface area contributed by atoms with Crippen molar-refractivity contribution in [3.05, 3.63) is 52.3 Å². The quantitative estimate of drug-likeness (QED) is 0.794. The molecule has 0 unspecified atom stereocenters. The van der Waals surface area contributed by atoms with Gasteiger partial charge in [-0.2, -0.15) is 0 Å². The molecular formula is C14H16BrN3O2S. The zero-order valence-electron chi connectivity index (χ0n) is 11.7. The van der Waals surface area contributed by atoms with E-state index in [1.54, 1.807) is 6.07 Å². The summed E-state index contributed by atoms with van der Waals surface area (Å²) in [5.74, 6) is 0. The van der Waals surface area contributed by atoms with Gasteiger partial charge in [-0.25, -0.2) is 13.4 Å². The SMILES string of the molecule is Cc1cc(NCc2cccc(Br)n2)ccc1NS(C)(=O)=O. The summed E-state index contributed by atoms with van der Waals surface area (Å²) in [6.45, 7) is 2.45. The first-order valence-electron chi connectivity index (χ1n) is 6.27. The Balaban J connectivity index is 2.07. The number of nitrogens with zero attached hydrogens (tertiary/aromatic N) is 1. The van der Waals surface area contributed by atoms with Crippen molar-refractivity contribution in [3.8, 4) is 0 Å². The lowest BCUT2D eigenvalue weighted by Crippen LogP contribution is -2.10. The fraction of sp³-hybridized carbons (Fsp3) is 0.214. The van der Waals surface area contributed by atoms with Crippen molar-refractivity contribution in [2.75, 3.05) is 16.3 Å². The van der Waals surface area contributed by atoms with Crippen molar-refractivity contribution in [2.45, 2.75) is 13.5 Å². The van der Waals surface area contributed by atoms with Crippen LogP contribution >= 0.6 is 15.9 Å². The van der Waals surface area contributed by atoms with Crippen molar-refractivity contribution in [1.82, 2.24) is 4.98 Å². The summed E-state index contributed by atoms with van der Waals surface area (Å²) in [6, 6.07) is 11.2. The van der Waals surface area contributed by atoms with Gasteiger partial charge in [-0.15, -0.1) is 0 Å². The lowest BCUT2D eigenvalue weighted by atomic mass is 10.2. The smallest absolute Gasteiger partial charge is 0.229 e. The van der Waals surface area contributed by atoms with Gasteiger partial charge in [-0.05, 0) is 58.7 Å². The molecule has 0 aliphatic carbocycles. The number of rotatable bonds is 5. The molecule has 7 heteroatoms. The zero-order valence-corrected chi connectivity index (χ0v) is 14.1. The van der Waals surface area contributed by atoms with E-state index >= 15 is 0 Å². The van der Waals surface area contributed by atoms with Gasteiger partial charge in [-0.1, -0.05) is 6.07 Å². The largest absolute Gasteiger partial charge is 0.379 e. The minimum Gasteiger partial charge on any atom is -0.379 e. The second kappa shape index (κ2) is 6.44. The maximum absolute atomic E-state index is 11.2. The van der Waals surface area contributed by atoms with E-state index in [1.165, 1.54) is 0 Å². The predicted octanol–water partition coefficient (Wildman–Crippen LogP) is 3.14. The molecule has 0 fully saturated rings. The first-order valence-corrected chi connectivity index (χ1v) is 8.96. The minimum absolute atomic E-state index is 0.587. The fourth-order valence-corrected chi connectivity index (χ4v) is 2.84. The van der Waals surface area contributed by atoms with Crippen LogP contribution in [0.3, 0.4) is 0 Å². The number of hydrogen-bond donors (Lipinski definition) is 2. The van der Waals surface area contributed by atoms with Crippen molar-refractivity contribution in [3.63, 3.8) is 0 Å². The number of pyridine rings is 1. The molecule has 0 atom stereocenters. The fourth-order valence-electron chi connectivity index (χ4n) is 1.83. The second-order valence-corrected chi connectivity index (χ2v) is 7.27. The summed E-state index contributed by atoms with van der Waals surface area (Å²) in [5, 5.41) is 3.26.